The van der Waals surface area contributed by atoms with Crippen molar-refractivity contribution in [1.82, 2.24) is 10.2 Å². The highest BCUT2D eigenvalue weighted by Crippen LogP contribution is 2.24. The lowest BCUT2D eigenvalue weighted by Crippen LogP contribution is -2.49. The molecular formula is C16H30N2O2S. The van der Waals surface area contributed by atoms with Gasteiger partial charge in [-0.2, -0.15) is 11.8 Å². The fourth-order valence-electron chi connectivity index (χ4n) is 3.08. The number of nitrogens with zero attached hydrogens (tertiary/aromatic N) is 1. The number of hydrogen-bond donors (Lipinski definition) is 1. The Morgan fingerprint density at radius 3 is 2.76 bits per heavy atom. The Balaban J connectivity index is 1.83. The predicted molar refractivity (Wildman–Crippen MR) is 88.9 cm³/mol. The second-order valence-electron chi connectivity index (χ2n) is 7.34. The zero-order chi connectivity index (χ0) is 15.5. The average molecular weight is 314 g/mol. The van der Waals surface area contributed by atoms with Crippen LogP contribution in [0.15, 0.2) is 0 Å². The van der Waals surface area contributed by atoms with E-state index < -0.39 is 5.60 Å². The zero-order valence-corrected chi connectivity index (χ0v) is 14.7. The van der Waals surface area contributed by atoms with E-state index in [9.17, 15) is 4.79 Å². The number of carbonyl (C=O) groups is 1. The first-order chi connectivity index (χ1) is 9.85. The number of likely N-dealkylation sites (tertiary alicyclic amines) is 1. The van der Waals surface area contributed by atoms with Crippen LogP contribution in [0.5, 0.6) is 0 Å². The maximum atomic E-state index is 12.2. The largest absolute Gasteiger partial charge is 0.444 e. The van der Waals surface area contributed by atoms with E-state index in [1.165, 1.54) is 24.3 Å². The first-order valence-corrected chi connectivity index (χ1v) is 9.32. The fourth-order valence-corrected chi connectivity index (χ4v) is 4.25. The van der Waals surface area contributed by atoms with Crippen molar-refractivity contribution in [3.05, 3.63) is 0 Å². The van der Waals surface area contributed by atoms with E-state index in [1.54, 1.807) is 0 Å². The van der Waals surface area contributed by atoms with Crippen LogP contribution in [0.2, 0.25) is 0 Å². The molecule has 3 unspecified atom stereocenters. The van der Waals surface area contributed by atoms with Crippen molar-refractivity contribution in [3.8, 4) is 0 Å². The van der Waals surface area contributed by atoms with Gasteiger partial charge in [0, 0.05) is 30.9 Å². The van der Waals surface area contributed by atoms with Crippen LogP contribution in [-0.4, -0.2) is 53.3 Å². The minimum Gasteiger partial charge on any atom is -0.444 e. The van der Waals surface area contributed by atoms with Crippen LogP contribution < -0.4 is 5.32 Å². The Morgan fingerprint density at radius 1 is 1.38 bits per heavy atom. The number of ether oxygens (including phenoxy) is 1. The Labute approximate surface area is 133 Å². The minimum absolute atomic E-state index is 0.157. The maximum absolute atomic E-state index is 12.2. The summed E-state index contributed by atoms with van der Waals surface area (Å²) in [5.41, 5.74) is -0.408. The van der Waals surface area contributed by atoms with Gasteiger partial charge in [-0.3, -0.25) is 0 Å². The van der Waals surface area contributed by atoms with E-state index >= 15 is 0 Å². The average Bonchev–Trinajstić information content (AvgIpc) is 2.90. The molecule has 0 bridgehead atoms. The Bertz CT molecular complexity index is 351. The Hall–Kier alpha value is -0.420. The lowest BCUT2D eigenvalue weighted by Gasteiger charge is -2.37. The summed E-state index contributed by atoms with van der Waals surface area (Å²) in [5, 5.41) is 3.76. The first-order valence-electron chi connectivity index (χ1n) is 8.17. The van der Waals surface area contributed by atoms with Gasteiger partial charge in [0.05, 0.1) is 0 Å². The fraction of sp³-hybridized carbons (Fsp3) is 0.938. The number of rotatable bonds is 3. The van der Waals surface area contributed by atoms with Gasteiger partial charge in [-0.05, 0) is 58.6 Å². The van der Waals surface area contributed by atoms with Gasteiger partial charge in [0.25, 0.3) is 0 Å². The normalized spacial score (nSPS) is 28.5. The van der Waals surface area contributed by atoms with Crippen molar-refractivity contribution in [2.45, 2.75) is 64.6 Å². The monoisotopic (exact) mass is 314 g/mol. The molecule has 0 aromatic carbocycles. The third kappa shape index (κ3) is 5.37. The van der Waals surface area contributed by atoms with E-state index in [-0.39, 0.29) is 6.09 Å². The summed E-state index contributed by atoms with van der Waals surface area (Å²) >= 11 is 2.04. The molecule has 2 aliphatic rings. The van der Waals surface area contributed by atoms with Gasteiger partial charge in [-0.25, -0.2) is 4.79 Å². The summed E-state index contributed by atoms with van der Waals surface area (Å²) < 4.78 is 5.50. The molecule has 122 valence electrons. The highest BCUT2D eigenvalue weighted by Gasteiger charge is 2.31. The number of carbonyl (C=O) groups excluding carboxylic acids is 1. The van der Waals surface area contributed by atoms with Crippen LogP contribution in [0.3, 0.4) is 0 Å². The molecule has 0 spiro atoms. The molecular weight excluding hydrogens is 284 g/mol. The Kier molecular flexibility index (Phi) is 5.83. The summed E-state index contributed by atoms with van der Waals surface area (Å²) in [4.78, 5) is 14.1. The summed E-state index contributed by atoms with van der Waals surface area (Å²) in [6.45, 7) is 9.70. The van der Waals surface area contributed by atoms with Gasteiger partial charge in [0.2, 0.25) is 0 Å². The van der Waals surface area contributed by atoms with Crippen molar-refractivity contribution >= 4 is 17.9 Å². The lowest BCUT2D eigenvalue weighted by molar-refractivity contribution is 0.0147. The van der Waals surface area contributed by atoms with Gasteiger partial charge in [-0.1, -0.05) is 0 Å². The molecule has 0 radical (unpaired) electrons. The molecule has 2 fully saturated rings. The van der Waals surface area contributed by atoms with Crippen LogP contribution >= 0.6 is 11.8 Å². The third-order valence-electron chi connectivity index (χ3n) is 4.24. The van der Waals surface area contributed by atoms with E-state index in [0.717, 1.165) is 19.5 Å². The van der Waals surface area contributed by atoms with Crippen LogP contribution in [-0.2, 0) is 4.74 Å². The lowest BCUT2D eigenvalue weighted by atomic mass is 9.91. The van der Waals surface area contributed by atoms with E-state index in [2.05, 4.69) is 12.2 Å². The van der Waals surface area contributed by atoms with Gasteiger partial charge in [-0.15, -0.1) is 0 Å². The second kappa shape index (κ2) is 7.23. The molecule has 1 N–H and O–H groups in total. The standard InChI is InChI=1S/C16H30N2O2S/c1-12(17-14-7-9-21-11-14)13-6-5-8-18(10-13)15(19)20-16(2,3)4/h12-14,17H,5-11H2,1-4H3. The van der Waals surface area contributed by atoms with Crippen molar-refractivity contribution in [2.75, 3.05) is 24.6 Å². The molecule has 4 nitrogen and oxygen atoms in total. The number of nitrogens with one attached hydrogen (secondary N) is 1. The van der Waals surface area contributed by atoms with Crippen molar-refractivity contribution in [1.29, 1.82) is 0 Å². The van der Waals surface area contributed by atoms with Crippen molar-refractivity contribution < 1.29 is 9.53 Å². The topological polar surface area (TPSA) is 41.6 Å². The summed E-state index contributed by atoms with van der Waals surface area (Å²) in [5.74, 6) is 3.04. The molecule has 2 saturated heterocycles. The van der Waals surface area contributed by atoms with Crippen LogP contribution in [0.25, 0.3) is 0 Å². The third-order valence-corrected chi connectivity index (χ3v) is 5.41. The highest BCUT2D eigenvalue weighted by molar-refractivity contribution is 7.99. The molecule has 21 heavy (non-hydrogen) atoms. The zero-order valence-electron chi connectivity index (χ0n) is 13.9. The van der Waals surface area contributed by atoms with Gasteiger partial charge in [0.1, 0.15) is 5.60 Å². The molecule has 0 saturated carbocycles. The molecule has 2 rings (SSSR count). The van der Waals surface area contributed by atoms with Crippen molar-refractivity contribution in [3.63, 3.8) is 0 Å². The number of amides is 1. The van der Waals surface area contributed by atoms with Gasteiger partial charge >= 0.3 is 6.09 Å². The quantitative estimate of drug-likeness (QED) is 0.869. The molecule has 2 aliphatic heterocycles. The van der Waals surface area contributed by atoms with E-state index in [4.69, 9.17) is 4.74 Å². The maximum Gasteiger partial charge on any atom is 0.410 e. The predicted octanol–water partition coefficient (Wildman–Crippen LogP) is 3.12. The molecule has 2 heterocycles. The molecule has 0 aromatic heterocycles. The molecule has 3 atom stereocenters. The summed E-state index contributed by atoms with van der Waals surface area (Å²) in [7, 11) is 0. The first kappa shape index (κ1) is 16.9. The SMILES string of the molecule is CC(NC1CCSC1)C1CCCN(C(=O)OC(C)(C)C)C1. The smallest absolute Gasteiger partial charge is 0.410 e. The summed E-state index contributed by atoms with van der Waals surface area (Å²) in [6, 6.07) is 1.13. The number of thioether (sulfide) groups is 1. The molecule has 1 amide bonds. The van der Waals surface area contributed by atoms with Gasteiger partial charge < -0.3 is 15.0 Å². The minimum atomic E-state index is -0.408. The van der Waals surface area contributed by atoms with Crippen LogP contribution in [0.4, 0.5) is 4.79 Å². The molecule has 0 aromatic rings. The van der Waals surface area contributed by atoms with Crippen LogP contribution in [0, 0.1) is 5.92 Å². The number of hydrogen-bond acceptors (Lipinski definition) is 4. The molecule has 5 heteroatoms. The van der Waals surface area contributed by atoms with Crippen LogP contribution in [0.1, 0.15) is 47.0 Å². The van der Waals surface area contributed by atoms with Crippen molar-refractivity contribution in [2.24, 2.45) is 5.92 Å². The number of piperidine rings is 1. The summed E-state index contributed by atoms with van der Waals surface area (Å²) in [6.07, 6.45) is 3.40. The van der Waals surface area contributed by atoms with Gasteiger partial charge in [0.15, 0.2) is 0 Å². The van der Waals surface area contributed by atoms with E-state index in [1.807, 2.05) is 37.4 Å². The highest BCUT2D eigenvalue weighted by atomic mass is 32.2. The Morgan fingerprint density at radius 2 is 2.14 bits per heavy atom. The second-order valence-corrected chi connectivity index (χ2v) is 8.49. The van der Waals surface area contributed by atoms with E-state index in [0.29, 0.717) is 18.0 Å². The molecule has 0 aliphatic carbocycles.